The van der Waals surface area contributed by atoms with E-state index >= 15 is 0 Å². The van der Waals surface area contributed by atoms with Gasteiger partial charge in [0.25, 0.3) is 0 Å². The van der Waals surface area contributed by atoms with Gasteiger partial charge in [0.05, 0.1) is 5.41 Å². The molecule has 0 N–H and O–H groups in total. The van der Waals surface area contributed by atoms with E-state index in [1.54, 1.807) is 6.92 Å². The molecule has 0 radical (unpaired) electrons. The highest BCUT2D eigenvalue weighted by molar-refractivity contribution is 5.98. The fraction of sp³-hybridized carbons (Fsp3) is 0.875. The quantitative estimate of drug-likeness (QED) is 0.0623. The maximum absolute atomic E-state index is 14.2. The summed E-state index contributed by atoms with van der Waals surface area (Å²) in [6.07, 6.45) is 1.75. The SMILES string of the molecule is CCC(=O)CC(=O)OC(C)(CC)CC(C)(C)C(OC(=O)C(C)(C)CC(C)(C)N(C)C)C(C)(C)CC(C)(CC)OC(=O)CC(=O)C(C)(C)CC. The van der Waals surface area contributed by atoms with E-state index in [1.165, 1.54) is 0 Å². The molecule has 0 fully saturated rings. The van der Waals surface area contributed by atoms with Crippen LogP contribution in [0.1, 0.15) is 169 Å². The Balaban J connectivity index is 6.81. The van der Waals surface area contributed by atoms with Crippen molar-refractivity contribution in [2.75, 3.05) is 14.1 Å². The van der Waals surface area contributed by atoms with Crippen molar-refractivity contribution >= 4 is 29.5 Å². The van der Waals surface area contributed by atoms with E-state index in [9.17, 15) is 24.0 Å². The highest BCUT2D eigenvalue weighted by Crippen LogP contribution is 2.49. The van der Waals surface area contributed by atoms with Crippen molar-refractivity contribution in [2.45, 2.75) is 191 Å². The first-order chi connectivity index (χ1) is 21.9. The molecule has 0 aliphatic rings. The van der Waals surface area contributed by atoms with Crippen molar-refractivity contribution in [3.8, 4) is 0 Å². The third-order valence-corrected chi connectivity index (χ3v) is 10.8. The van der Waals surface area contributed by atoms with Crippen LogP contribution in [-0.4, -0.2) is 71.3 Å². The molecule has 0 heterocycles. The summed E-state index contributed by atoms with van der Waals surface area (Å²) in [6.45, 7) is 30.9. The number of ketones is 2. The number of nitrogens with zero attached hydrogens (tertiary/aromatic N) is 1. The van der Waals surface area contributed by atoms with Gasteiger partial charge in [-0.05, 0) is 94.2 Å². The van der Waals surface area contributed by atoms with Gasteiger partial charge in [-0.2, -0.15) is 0 Å². The lowest BCUT2D eigenvalue weighted by Gasteiger charge is -2.50. The fourth-order valence-electron chi connectivity index (χ4n) is 7.01. The van der Waals surface area contributed by atoms with Gasteiger partial charge in [0.15, 0.2) is 0 Å². The van der Waals surface area contributed by atoms with Gasteiger partial charge in [-0.1, -0.05) is 69.2 Å². The molecule has 0 saturated carbocycles. The molecule has 0 bridgehead atoms. The Morgan fingerprint density at radius 3 is 1.33 bits per heavy atom. The molecule has 0 rings (SSSR count). The zero-order valence-electron chi connectivity index (χ0n) is 34.7. The molecule has 0 aliphatic carbocycles. The Morgan fingerprint density at radius 2 is 0.980 bits per heavy atom. The molecule has 0 aromatic rings. The summed E-state index contributed by atoms with van der Waals surface area (Å²) in [5.41, 5.74) is -5.14. The van der Waals surface area contributed by atoms with Crippen LogP contribution in [0.25, 0.3) is 0 Å². The van der Waals surface area contributed by atoms with Gasteiger partial charge in [0.1, 0.15) is 41.7 Å². The molecule has 0 saturated heterocycles. The lowest BCUT2D eigenvalue weighted by Crippen LogP contribution is -2.53. The van der Waals surface area contributed by atoms with Crippen LogP contribution in [0.5, 0.6) is 0 Å². The van der Waals surface area contributed by atoms with Crippen LogP contribution >= 0.6 is 0 Å². The van der Waals surface area contributed by atoms with Crippen molar-refractivity contribution in [1.29, 1.82) is 0 Å². The molecule has 0 aromatic carbocycles. The maximum atomic E-state index is 14.2. The van der Waals surface area contributed by atoms with E-state index in [0.29, 0.717) is 38.5 Å². The van der Waals surface area contributed by atoms with Crippen LogP contribution in [0.15, 0.2) is 0 Å². The minimum absolute atomic E-state index is 0.164. The highest BCUT2D eigenvalue weighted by Gasteiger charge is 2.52. The molecule has 3 atom stereocenters. The third-order valence-electron chi connectivity index (χ3n) is 10.8. The summed E-state index contributed by atoms with van der Waals surface area (Å²) in [6, 6.07) is 0. The van der Waals surface area contributed by atoms with E-state index < -0.39 is 50.9 Å². The second-order valence-electron chi connectivity index (χ2n) is 18.3. The number of hydrogen-bond donors (Lipinski definition) is 0. The second kappa shape index (κ2) is 17.3. The largest absolute Gasteiger partial charge is 0.461 e. The Labute approximate surface area is 299 Å². The molecule has 286 valence electrons. The van der Waals surface area contributed by atoms with E-state index in [2.05, 4.69) is 18.7 Å². The number of hydrogen-bond acceptors (Lipinski definition) is 9. The monoisotopic (exact) mass is 696 g/mol. The zero-order chi connectivity index (χ0) is 39.0. The Bertz CT molecular complexity index is 1160. The van der Waals surface area contributed by atoms with Crippen LogP contribution in [0.4, 0.5) is 0 Å². The summed E-state index contributed by atoms with van der Waals surface area (Å²) >= 11 is 0. The van der Waals surface area contributed by atoms with Gasteiger partial charge in [0, 0.05) is 28.2 Å². The third kappa shape index (κ3) is 14.1. The average Bonchev–Trinajstić information content (AvgIpc) is 2.93. The molecule has 3 unspecified atom stereocenters. The van der Waals surface area contributed by atoms with E-state index in [1.807, 2.05) is 104 Å². The Morgan fingerprint density at radius 1 is 0.571 bits per heavy atom. The number of ether oxygens (including phenoxy) is 3. The zero-order valence-corrected chi connectivity index (χ0v) is 34.7. The summed E-state index contributed by atoms with van der Waals surface area (Å²) < 4.78 is 18.7. The summed E-state index contributed by atoms with van der Waals surface area (Å²) in [7, 11) is 3.97. The smallest absolute Gasteiger partial charge is 0.313 e. The summed E-state index contributed by atoms with van der Waals surface area (Å²) in [4.78, 5) is 67.2. The van der Waals surface area contributed by atoms with E-state index in [-0.39, 0.29) is 42.3 Å². The maximum Gasteiger partial charge on any atom is 0.313 e. The number of carbonyl (C=O) groups is 5. The van der Waals surface area contributed by atoms with Crippen molar-refractivity contribution in [3.05, 3.63) is 0 Å². The lowest BCUT2D eigenvalue weighted by atomic mass is 9.63. The predicted octanol–water partition coefficient (Wildman–Crippen LogP) is 8.68. The van der Waals surface area contributed by atoms with Gasteiger partial charge in [-0.25, -0.2) is 0 Å². The normalized spacial score (nSPS) is 16.3. The minimum Gasteiger partial charge on any atom is -0.461 e. The molecular formula is C40H73NO8. The fourth-order valence-corrected chi connectivity index (χ4v) is 7.01. The van der Waals surface area contributed by atoms with Gasteiger partial charge in [0.2, 0.25) is 0 Å². The van der Waals surface area contributed by atoms with Crippen molar-refractivity contribution in [1.82, 2.24) is 4.90 Å². The highest BCUT2D eigenvalue weighted by atomic mass is 16.6. The molecule has 0 aromatic heterocycles. The lowest BCUT2D eigenvalue weighted by molar-refractivity contribution is -0.193. The van der Waals surface area contributed by atoms with Gasteiger partial charge in [-0.3, -0.25) is 24.0 Å². The first kappa shape index (κ1) is 46.7. The summed E-state index contributed by atoms with van der Waals surface area (Å²) in [5, 5.41) is 0. The van der Waals surface area contributed by atoms with E-state index in [4.69, 9.17) is 14.2 Å². The molecule has 49 heavy (non-hydrogen) atoms. The minimum atomic E-state index is -0.957. The predicted molar refractivity (Wildman–Crippen MR) is 196 cm³/mol. The average molecular weight is 696 g/mol. The van der Waals surface area contributed by atoms with Crippen LogP contribution in [-0.2, 0) is 38.2 Å². The Kier molecular flexibility index (Phi) is 16.5. The first-order valence-electron chi connectivity index (χ1n) is 18.3. The molecule has 0 amide bonds. The van der Waals surface area contributed by atoms with E-state index in [0.717, 1.165) is 0 Å². The molecule has 9 heteroatoms. The van der Waals surface area contributed by atoms with Crippen molar-refractivity contribution in [2.24, 2.45) is 21.7 Å². The number of Topliss-reactive ketones (excluding diaryl/α,β-unsaturated/α-hetero) is 2. The summed E-state index contributed by atoms with van der Waals surface area (Å²) in [5.74, 6) is -1.84. The van der Waals surface area contributed by atoms with Crippen LogP contribution in [0.2, 0.25) is 0 Å². The number of carbonyl (C=O) groups excluding carboxylic acids is 5. The first-order valence-corrected chi connectivity index (χ1v) is 18.3. The topological polar surface area (TPSA) is 116 Å². The van der Waals surface area contributed by atoms with Crippen LogP contribution < -0.4 is 0 Å². The number of rotatable bonds is 22. The molecule has 0 spiro atoms. The Hall–Kier alpha value is -2.29. The molecule has 9 nitrogen and oxygen atoms in total. The van der Waals surface area contributed by atoms with Gasteiger partial charge >= 0.3 is 17.9 Å². The van der Waals surface area contributed by atoms with Crippen molar-refractivity contribution in [3.63, 3.8) is 0 Å². The number of esters is 3. The molecule has 0 aliphatic heterocycles. The molecular weight excluding hydrogens is 622 g/mol. The second-order valence-corrected chi connectivity index (χ2v) is 18.3. The van der Waals surface area contributed by atoms with Gasteiger partial charge < -0.3 is 19.1 Å². The van der Waals surface area contributed by atoms with Crippen LogP contribution in [0, 0.1) is 21.7 Å². The van der Waals surface area contributed by atoms with Crippen molar-refractivity contribution < 1.29 is 38.2 Å². The van der Waals surface area contributed by atoms with Crippen LogP contribution in [0.3, 0.4) is 0 Å². The standard InChI is InChI=1S/C40H73NO8/c1-19-28(42)23-30(44)48-39(15,21-3)26-35(7,8)32(47-33(46)37(11,12)25-38(13,14)41(17)18)36(9,10)27-40(16,22-4)49-31(45)24-29(43)34(5,6)20-2/h32H,19-27H2,1-18H3. The van der Waals surface area contributed by atoms with Gasteiger partial charge in [-0.15, -0.1) is 0 Å².